The van der Waals surface area contributed by atoms with Crippen molar-refractivity contribution >= 4 is 53.2 Å². The fourth-order valence-corrected chi connectivity index (χ4v) is 4.10. The number of nitrogens with two attached hydrogens (primary N) is 1. The molecule has 200 valence electrons. The summed E-state index contributed by atoms with van der Waals surface area (Å²) in [7, 11) is 0. The molecular weight excluding hydrogens is 508 g/mol. The number of rotatable bonds is 17. The Labute approximate surface area is 218 Å². The molecule has 0 saturated carbocycles. The maximum atomic E-state index is 13.2. The lowest BCUT2D eigenvalue weighted by Gasteiger charge is -2.25. The van der Waals surface area contributed by atoms with E-state index < -0.39 is 60.2 Å². The normalized spacial score (nSPS) is 14.1. The van der Waals surface area contributed by atoms with Crippen molar-refractivity contribution in [1.82, 2.24) is 16.0 Å². The second-order valence-corrected chi connectivity index (χ2v) is 9.95. The van der Waals surface area contributed by atoms with Crippen LogP contribution in [0.15, 0.2) is 30.3 Å². The highest BCUT2D eigenvalue weighted by atomic mass is 32.2. The third kappa shape index (κ3) is 11.8. The fourth-order valence-electron chi connectivity index (χ4n) is 3.16. The molecule has 36 heavy (non-hydrogen) atoms. The van der Waals surface area contributed by atoms with Gasteiger partial charge in [-0.15, -0.1) is 0 Å². The first-order valence-corrected chi connectivity index (χ1v) is 14.0. The Bertz CT molecular complexity index is 888. The van der Waals surface area contributed by atoms with Crippen LogP contribution in [0, 0.1) is 0 Å². The monoisotopic (exact) mass is 542 g/mol. The number of carbonyl (C=O) groups excluding carboxylic acids is 3. The third-order valence-electron chi connectivity index (χ3n) is 5.12. The first-order chi connectivity index (χ1) is 17.1. The summed E-state index contributed by atoms with van der Waals surface area (Å²) < 4.78 is 0. The molecule has 0 radical (unpaired) electrons. The predicted octanol–water partition coefficient (Wildman–Crippen LogP) is 0.0763. The zero-order valence-electron chi connectivity index (χ0n) is 20.3. The van der Waals surface area contributed by atoms with Crippen molar-refractivity contribution in [3.8, 4) is 0 Å². The largest absolute Gasteiger partial charge is 0.481 e. The number of nitrogens with one attached hydrogen (secondary N) is 3. The summed E-state index contributed by atoms with van der Waals surface area (Å²) in [5, 5.41) is 25.9. The van der Waals surface area contributed by atoms with Gasteiger partial charge in [0.05, 0.1) is 12.5 Å². The van der Waals surface area contributed by atoms with Gasteiger partial charge >= 0.3 is 11.9 Å². The topological polar surface area (TPSA) is 188 Å². The summed E-state index contributed by atoms with van der Waals surface area (Å²) in [4.78, 5) is 61.1. The number of carbonyl (C=O) groups is 5. The molecule has 0 aliphatic rings. The number of carboxylic acids is 2. The van der Waals surface area contributed by atoms with E-state index in [1.165, 1.54) is 23.5 Å². The molecule has 7 N–H and O–H groups in total. The summed E-state index contributed by atoms with van der Waals surface area (Å²) in [6.07, 6.45) is 3.57. The molecule has 0 aliphatic heterocycles. The number of thioether (sulfide) groups is 2. The highest BCUT2D eigenvalue weighted by Crippen LogP contribution is 2.08. The molecule has 0 aliphatic carbocycles. The molecule has 0 saturated heterocycles. The lowest BCUT2D eigenvalue weighted by Crippen LogP contribution is -2.57. The zero-order chi connectivity index (χ0) is 27.1. The minimum atomic E-state index is -1.36. The summed E-state index contributed by atoms with van der Waals surface area (Å²) in [6, 6.07) is 4.17. The lowest BCUT2D eigenvalue weighted by atomic mass is 10.0. The Morgan fingerprint density at radius 3 is 1.83 bits per heavy atom. The summed E-state index contributed by atoms with van der Waals surface area (Å²) in [6.45, 7) is 0. The molecule has 0 bridgehead atoms. The first kappa shape index (κ1) is 31.3. The molecule has 1 aromatic rings. The van der Waals surface area contributed by atoms with E-state index in [1.54, 1.807) is 30.3 Å². The van der Waals surface area contributed by atoms with Gasteiger partial charge in [0, 0.05) is 6.42 Å². The van der Waals surface area contributed by atoms with Crippen molar-refractivity contribution in [2.24, 2.45) is 5.73 Å². The molecule has 0 spiro atoms. The second-order valence-electron chi connectivity index (χ2n) is 7.98. The van der Waals surface area contributed by atoms with Crippen molar-refractivity contribution in [2.45, 2.75) is 49.9 Å². The second kappa shape index (κ2) is 16.8. The van der Waals surface area contributed by atoms with E-state index >= 15 is 0 Å². The minimum Gasteiger partial charge on any atom is -0.481 e. The number of carboxylic acid groups (broad SMARTS) is 2. The Morgan fingerprint density at radius 2 is 1.31 bits per heavy atom. The molecule has 4 atom stereocenters. The molecule has 0 fully saturated rings. The third-order valence-corrected chi connectivity index (χ3v) is 6.40. The van der Waals surface area contributed by atoms with Gasteiger partial charge < -0.3 is 31.9 Å². The minimum absolute atomic E-state index is 0.0700. The Kier molecular flexibility index (Phi) is 14.6. The number of hydrogen-bond donors (Lipinski definition) is 6. The summed E-state index contributed by atoms with van der Waals surface area (Å²) in [5.41, 5.74) is 6.37. The van der Waals surface area contributed by atoms with Gasteiger partial charge in [0.15, 0.2) is 0 Å². The molecule has 11 nitrogen and oxygen atoms in total. The Hall–Kier alpha value is -2.77. The van der Waals surface area contributed by atoms with Crippen LogP contribution in [-0.4, -0.2) is 88.1 Å². The molecule has 4 unspecified atom stereocenters. The molecule has 1 rings (SSSR count). The smallest absolute Gasteiger partial charge is 0.326 e. The molecular formula is C23H34N4O7S2. The molecule has 3 amide bonds. The van der Waals surface area contributed by atoms with E-state index in [0.717, 1.165) is 5.56 Å². The maximum absolute atomic E-state index is 13.2. The Balaban J connectivity index is 3.06. The van der Waals surface area contributed by atoms with Gasteiger partial charge in [-0.25, -0.2) is 4.79 Å². The average molecular weight is 543 g/mol. The summed E-state index contributed by atoms with van der Waals surface area (Å²) in [5.74, 6) is -3.52. The van der Waals surface area contributed by atoms with Crippen LogP contribution in [0.4, 0.5) is 0 Å². The van der Waals surface area contributed by atoms with Crippen molar-refractivity contribution in [3.63, 3.8) is 0 Å². The SMILES string of the molecule is CSCCC(NC(=O)C(CCSC)NC(=O)C(Cc1ccccc1)NC(=O)C(N)CC(=O)O)C(=O)O. The van der Waals surface area contributed by atoms with Crippen LogP contribution in [-0.2, 0) is 30.4 Å². The Morgan fingerprint density at radius 1 is 0.806 bits per heavy atom. The molecule has 13 heteroatoms. The van der Waals surface area contributed by atoms with Gasteiger partial charge in [0.25, 0.3) is 0 Å². The first-order valence-electron chi connectivity index (χ1n) is 11.2. The van der Waals surface area contributed by atoms with Crippen LogP contribution < -0.4 is 21.7 Å². The van der Waals surface area contributed by atoms with Gasteiger partial charge in [-0.2, -0.15) is 23.5 Å². The van der Waals surface area contributed by atoms with Crippen LogP contribution >= 0.6 is 23.5 Å². The summed E-state index contributed by atoms with van der Waals surface area (Å²) >= 11 is 2.90. The number of hydrogen-bond acceptors (Lipinski definition) is 8. The van der Waals surface area contributed by atoms with E-state index in [2.05, 4.69) is 16.0 Å². The fraction of sp³-hybridized carbons (Fsp3) is 0.522. The van der Waals surface area contributed by atoms with Crippen molar-refractivity contribution < 1.29 is 34.2 Å². The van der Waals surface area contributed by atoms with Crippen molar-refractivity contribution in [1.29, 1.82) is 0 Å². The van der Waals surface area contributed by atoms with Crippen LogP contribution in [0.5, 0.6) is 0 Å². The lowest BCUT2D eigenvalue weighted by molar-refractivity contribution is -0.142. The average Bonchev–Trinajstić information content (AvgIpc) is 2.83. The van der Waals surface area contributed by atoms with Crippen molar-refractivity contribution in [3.05, 3.63) is 35.9 Å². The highest BCUT2D eigenvalue weighted by molar-refractivity contribution is 7.98. The standard InChI is InChI=1S/C23H34N4O7S2/c1-35-10-8-16(21(31)26-17(23(33)34)9-11-36-2)25-22(32)18(12-14-6-4-3-5-7-14)27-20(30)15(24)13-19(28)29/h3-7,15-18H,8-13,24H2,1-2H3,(H,25,32)(H,26,31)(H,27,30)(H,28,29)(H,33,34). The van der Waals surface area contributed by atoms with Crippen LogP contribution in [0.25, 0.3) is 0 Å². The molecule has 0 heterocycles. The quantitative estimate of drug-likeness (QED) is 0.157. The number of benzene rings is 1. The van der Waals surface area contributed by atoms with Gasteiger partial charge in [0.2, 0.25) is 17.7 Å². The van der Waals surface area contributed by atoms with E-state index in [0.29, 0.717) is 11.5 Å². The van der Waals surface area contributed by atoms with E-state index in [1.807, 2.05) is 12.5 Å². The van der Waals surface area contributed by atoms with Gasteiger partial charge in [-0.05, 0) is 42.4 Å². The van der Waals surface area contributed by atoms with Gasteiger partial charge in [-0.1, -0.05) is 30.3 Å². The van der Waals surface area contributed by atoms with Crippen LogP contribution in [0.3, 0.4) is 0 Å². The van der Waals surface area contributed by atoms with E-state index in [4.69, 9.17) is 10.8 Å². The van der Waals surface area contributed by atoms with Gasteiger partial charge in [-0.3, -0.25) is 19.2 Å². The van der Waals surface area contributed by atoms with E-state index in [9.17, 15) is 29.1 Å². The molecule has 1 aromatic carbocycles. The van der Waals surface area contributed by atoms with Crippen LogP contribution in [0.1, 0.15) is 24.8 Å². The number of aliphatic carboxylic acids is 2. The van der Waals surface area contributed by atoms with Gasteiger partial charge in [0.1, 0.15) is 18.1 Å². The van der Waals surface area contributed by atoms with E-state index in [-0.39, 0.29) is 19.3 Å². The predicted molar refractivity (Wildman–Crippen MR) is 140 cm³/mol. The molecule has 0 aromatic heterocycles. The van der Waals surface area contributed by atoms with Crippen molar-refractivity contribution in [2.75, 3.05) is 24.0 Å². The van der Waals surface area contributed by atoms with Crippen LogP contribution in [0.2, 0.25) is 0 Å². The number of amides is 3. The highest BCUT2D eigenvalue weighted by Gasteiger charge is 2.30. The maximum Gasteiger partial charge on any atom is 0.326 e. The zero-order valence-corrected chi connectivity index (χ0v) is 21.9.